The number of hydrogen-bond donors (Lipinski definition) is 1. The Balaban J connectivity index is 1.99. The largest absolute Gasteiger partial charge is 0.353 e. The third-order valence-corrected chi connectivity index (χ3v) is 3.34. The average molecular weight is 221 g/mol. The Kier molecular flexibility index (Phi) is 3.52. The molecule has 1 aromatic heterocycles. The smallest absolute Gasteiger partial charge is 0.203 e. The van der Waals surface area contributed by atoms with E-state index in [0.29, 0.717) is 6.04 Å². The minimum Gasteiger partial charge on any atom is -0.353 e. The van der Waals surface area contributed by atoms with Gasteiger partial charge in [-0.25, -0.2) is 4.98 Å². The highest BCUT2D eigenvalue weighted by molar-refractivity contribution is 5.30. The number of hydrogen-bond acceptors (Lipinski definition) is 2. The average Bonchev–Trinajstić information content (AvgIpc) is 3.02. The van der Waals surface area contributed by atoms with Gasteiger partial charge in [0, 0.05) is 18.8 Å². The van der Waals surface area contributed by atoms with E-state index < -0.39 is 0 Å². The van der Waals surface area contributed by atoms with Gasteiger partial charge in [0.25, 0.3) is 0 Å². The third-order valence-electron chi connectivity index (χ3n) is 3.34. The fraction of sp³-hybridized carbons (Fsp3) is 0.769. The van der Waals surface area contributed by atoms with Gasteiger partial charge in [-0.05, 0) is 39.0 Å². The maximum absolute atomic E-state index is 4.57. The van der Waals surface area contributed by atoms with Crippen molar-refractivity contribution in [3.05, 3.63) is 11.9 Å². The highest BCUT2D eigenvalue weighted by Gasteiger charge is 2.28. The summed E-state index contributed by atoms with van der Waals surface area (Å²) in [5.41, 5.74) is 1.11. The van der Waals surface area contributed by atoms with Crippen molar-refractivity contribution in [1.82, 2.24) is 9.55 Å². The zero-order chi connectivity index (χ0) is 11.5. The van der Waals surface area contributed by atoms with E-state index in [0.717, 1.165) is 24.1 Å². The van der Waals surface area contributed by atoms with Gasteiger partial charge in [-0.2, -0.15) is 0 Å². The summed E-state index contributed by atoms with van der Waals surface area (Å²) in [5.74, 6) is 1.93. The summed E-state index contributed by atoms with van der Waals surface area (Å²) in [5, 5.41) is 3.55. The third kappa shape index (κ3) is 2.77. The Morgan fingerprint density at radius 3 is 2.94 bits per heavy atom. The van der Waals surface area contributed by atoms with Crippen LogP contribution in [-0.4, -0.2) is 15.6 Å². The molecule has 16 heavy (non-hydrogen) atoms. The molecule has 90 valence electrons. The molecular formula is C13H23N3. The van der Waals surface area contributed by atoms with Gasteiger partial charge in [-0.15, -0.1) is 0 Å². The Morgan fingerprint density at radius 2 is 2.31 bits per heavy atom. The van der Waals surface area contributed by atoms with E-state index in [9.17, 15) is 0 Å². The molecule has 1 atom stereocenters. The molecule has 1 aliphatic rings. The minimum absolute atomic E-state index is 0.571. The first kappa shape index (κ1) is 11.5. The molecule has 1 N–H and O–H groups in total. The molecule has 1 aromatic rings. The van der Waals surface area contributed by atoms with Crippen LogP contribution in [-0.2, 0) is 6.54 Å². The van der Waals surface area contributed by atoms with Crippen molar-refractivity contribution < 1.29 is 0 Å². The van der Waals surface area contributed by atoms with Crippen molar-refractivity contribution in [2.75, 3.05) is 5.32 Å². The maximum atomic E-state index is 4.57. The molecule has 1 saturated carbocycles. The van der Waals surface area contributed by atoms with Crippen molar-refractivity contribution in [2.45, 2.75) is 59.0 Å². The molecule has 2 rings (SSSR count). The summed E-state index contributed by atoms with van der Waals surface area (Å²) in [6, 6.07) is 0.571. The summed E-state index contributed by atoms with van der Waals surface area (Å²) >= 11 is 0. The van der Waals surface area contributed by atoms with Crippen LogP contribution in [0.15, 0.2) is 6.20 Å². The van der Waals surface area contributed by atoms with E-state index in [1.165, 1.54) is 25.7 Å². The Labute approximate surface area is 98.3 Å². The van der Waals surface area contributed by atoms with Crippen LogP contribution in [0, 0.1) is 12.8 Å². The molecule has 3 heteroatoms. The first-order valence-corrected chi connectivity index (χ1v) is 6.51. The molecule has 1 unspecified atom stereocenters. The standard InChI is InChI=1S/C13H23N3/c1-4-5-8-16-9-10(2)14-13(16)15-11(3)12-6-7-12/h9,11-12H,4-8H2,1-3H3,(H,14,15). The van der Waals surface area contributed by atoms with Crippen molar-refractivity contribution in [1.29, 1.82) is 0 Å². The van der Waals surface area contributed by atoms with Gasteiger partial charge in [0.2, 0.25) is 5.95 Å². The molecule has 3 nitrogen and oxygen atoms in total. The second-order valence-electron chi connectivity index (χ2n) is 5.02. The molecule has 0 radical (unpaired) electrons. The molecule has 0 spiro atoms. The lowest BCUT2D eigenvalue weighted by Gasteiger charge is -2.15. The van der Waals surface area contributed by atoms with E-state index in [2.05, 4.69) is 41.8 Å². The normalized spacial score (nSPS) is 17.4. The van der Waals surface area contributed by atoms with E-state index in [1.807, 2.05) is 0 Å². The first-order chi connectivity index (χ1) is 7.70. The van der Waals surface area contributed by atoms with Crippen molar-refractivity contribution in [3.63, 3.8) is 0 Å². The lowest BCUT2D eigenvalue weighted by Crippen LogP contribution is -2.20. The van der Waals surface area contributed by atoms with Gasteiger partial charge in [-0.3, -0.25) is 0 Å². The summed E-state index contributed by atoms with van der Waals surface area (Å²) in [7, 11) is 0. The molecule has 1 fully saturated rings. The number of imidazole rings is 1. The van der Waals surface area contributed by atoms with Gasteiger partial charge in [-0.1, -0.05) is 13.3 Å². The molecular weight excluding hydrogens is 198 g/mol. The van der Waals surface area contributed by atoms with Crippen molar-refractivity contribution in [3.8, 4) is 0 Å². The van der Waals surface area contributed by atoms with Crippen LogP contribution < -0.4 is 5.32 Å². The highest BCUT2D eigenvalue weighted by Crippen LogP contribution is 2.33. The van der Waals surface area contributed by atoms with Gasteiger partial charge >= 0.3 is 0 Å². The number of aryl methyl sites for hydroxylation is 2. The quantitative estimate of drug-likeness (QED) is 0.799. The Hall–Kier alpha value is -0.990. The van der Waals surface area contributed by atoms with Gasteiger partial charge in [0.15, 0.2) is 0 Å². The zero-order valence-electron chi connectivity index (χ0n) is 10.7. The van der Waals surface area contributed by atoms with Crippen molar-refractivity contribution >= 4 is 5.95 Å². The van der Waals surface area contributed by atoms with Gasteiger partial charge in [0.05, 0.1) is 5.69 Å². The Morgan fingerprint density at radius 1 is 1.56 bits per heavy atom. The molecule has 0 aromatic carbocycles. The topological polar surface area (TPSA) is 29.9 Å². The summed E-state index contributed by atoms with van der Waals surface area (Å²) < 4.78 is 2.26. The molecule has 1 heterocycles. The summed E-state index contributed by atoms with van der Waals surface area (Å²) in [6.07, 6.45) is 7.36. The second-order valence-corrected chi connectivity index (χ2v) is 5.02. The monoisotopic (exact) mass is 221 g/mol. The molecule has 0 bridgehead atoms. The van der Waals surface area contributed by atoms with Crippen LogP contribution in [0.2, 0.25) is 0 Å². The number of aromatic nitrogens is 2. The lowest BCUT2D eigenvalue weighted by atomic mass is 10.2. The predicted octanol–water partition coefficient (Wildman–Crippen LogP) is 3.20. The zero-order valence-corrected chi connectivity index (χ0v) is 10.7. The molecule has 0 amide bonds. The number of anilines is 1. The van der Waals surface area contributed by atoms with Gasteiger partial charge < -0.3 is 9.88 Å². The fourth-order valence-corrected chi connectivity index (χ4v) is 2.08. The molecule has 0 aliphatic heterocycles. The van der Waals surface area contributed by atoms with Crippen LogP contribution in [0.4, 0.5) is 5.95 Å². The Bertz CT molecular complexity index is 339. The van der Waals surface area contributed by atoms with Gasteiger partial charge in [0.1, 0.15) is 0 Å². The first-order valence-electron chi connectivity index (χ1n) is 6.51. The van der Waals surface area contributed by atoms with Crippen LogP contribution in [0.25, 0.3) is 0 Å². The van der Waals surface area contributed by atoms with E-state index >= 15 is 0 Å². The fourth-order valence-electron chi connectivity index (χ4n) is 2.08. The van der Waals surface area contributed by atoms with Crippen LogP contribution in [0.3, 0.4) is 0 Å². The number of nitrogens with one attached hydrogen (secondary N) is 1. The van der Waals surface area contributed by atoms with E-state index in [4.69, 9.17) is 0 Å². The SMILES string of the molecule is CCCCn1cc(C)nc1NC(C)C1CC1. The number of unbranched alkanes of at least 4 members (excludes halogenated alkanes) is 1. The minimum atomic E-state index is 0.571. The summed E-state index contributed by atoms with van der Waals surface area (Å²) in [4.78, 5) is 4.57. The summed E-state index contributed by atoms with van der Waals surface area (Å²) in [6.45, 7) is 7.64. The number of nitrogens with zero attached hydrogens (tertiary/aromatic N) is 2. The number of rotatable bonds is 6. The maximum Gasteiger partial charge on any atom is 0.203 e. The van der Waals surface area contributed by atoms with E-state index in [1.54, 1.807) is 0 Å². The van der Waals surface area contributed by atoms with E-state index in [-0.39, 0.29) is 0 Å². The second kappa shape index (κ2) is 4.89. The predicted molar refractivity (Wildman–Crippen MR) is 67.7 cm³/mol. The lowest BCUT2D eigenvalue weighted by molar-refractivity contribution is 0.618. The van der Waals surface area contributed by atoms with Crippen LogP contribution in [0.5, 0.6) is 0 Å². The highest BCUT2D eigenvalue weighted by atomic mass is 15.2. The van der Waals surface area contributed by atoms with Crippen LogP contribution in [0.1, 0.15) is 45.2 Å². The molecule has 1 aliphatic carbocycles. The molecule has 0 saturated heterocycles. The van der Waals surface area contributed by atoms with Crippen LogP contribution >= 0.6 is 0 Å². The van der Waals surface area contributed by atoms with Crippen molar-refractivity contribution in [2.24, 2.45) is 5.92 Å².